The Bertz CT molecular complexity index is 696. The van der Waals surface area contributed by atoms with Gasteiger partial charge in [0.1, 0.15) is 0 Å². The Labute approximate surface area is 394 Å². The van der Waals surface area contributed by atoms with Crippen molar-refractivity contribution >= 4 is 21.6 Å². The molecular weight excluding hydrogens is 817 g/mol. The molecule has 0 aliphatic rings. The molecule has 0 aliphatic carbocycles. The molecule has 0 aromatic carbocycles. The van der Waals surface area contributed by atoms with Crippen molar-refractivity contribution in [2.24, 2.45) is 0 Å². The van der Waals surface area contributed by atoms with Gasteiger partial charge in [-0.15, -0.1) is 0 Å². The molecule has 0 rings (SSSR count). The van der Waals surface area contributed by atoms with Crippen LogP contribution in [0.5, 0.6) is 0 Å². The van der Waals surface area contributed by atoms with E-state index in [1.54, 1.807) is 0 Å². The molecule has 0 aliphatic heterocycles. The van der Waals surface area contributed by atoms with Crippen molar-refractivity contribution in [1.82, 2.24) is 0 Å². The van der Waals surface area contributed by atoms with Crippen molar-refractivity contribution in [2.75, 3.05) is 117 Å². The average Bonchev–Trinajstić information content (AvgIpc) is 3.28. The highest BCUT2D eigenvalue weighted by molar-refractivity contribution is 8.76. The topological polar surface area (TPSA) is 73.8 Å². The normalized spacial score (nSPS) is 11.7. The van der Waals surface area contributed by atoms with Crippen LogP contribution in [0.25, 0.3) is 0 Å². The molecule has 0 fully saturated rings. The summed E-state index contributed by atoms with van der Waals surface area (Å²) in [7, 11) is 3.64. The van der Waals surface area contributed by atoms with E-state index in [9.17, 15) is 0 Å². The minimum absolute atomic E-state index is 0.598. The number of hydrogen-bond donors (Lipinski definition) is 0. The largest absolute Gasteiger partial charge is 0.379 e. The molecule has 0 atom stereocenters. The summed E-state index contributed by atoms with van der Waals surface area (Å²) in [4.78, 5) is 0. The Balaban J connectivity index is 3.06. The second-order valence-corrected chi connectivity index (χ2v) is 19.9. The van der Waals surface area contributed by atoms with Gasteiger partial charge in [0.25, 0.3) is 0 Å². The molecule has 0 N–H and O–H groups in total. The van der Waals surface area contributed by atoms with Gasteiger partial charge in [0.05, 0.1) is 92.5 Å². The van der Waals surface area contributed by atoms with Crippen LogP contribution in [0, 0.1) is 0 Å². The van der Waals surface area contributed by atoms with Gasteiger partial charge in [-0.1, -0.05) is 228 Å². The van der Waals surface area contributed by atoms with E-state index in [-0.39, 0.29) is 0 Å². The molecular formula is C52H106O8S2. The molecule has 0 spiro atoms. The summed E-state index contributed by atoms with van der Waals surface area (Å²) in [5.74, 6) is 1.92. The van der Waals surface area contributed by atoms with Crippen LogP contribution in [0.4, 0.5) is 0 Å². The fourth-order valence-corrected chi connectivity index (χ4v) is 9.05. The van der Waals surface area contributed by atoms with Gasteiger partial charge in [-0.05, 0) is 12.8 Å². The van der Waals surface area contributed by atoms with Gasteiger partial charge in [-0.2, -0.15) is 0 Å². The first-order valence-electron chi connectivity index (χ1n) is 26.8. The summed E-state index contributed by atoms with van der Waals surface area (Å²) in [6, 6.07) is 0. The molecule has 0 radical (unpaired) electrons. The van der Waals surface area contributed by atoms with Gasteiger partial charge in [-0.25, -0.2) is 0 Å². The number of ether oxygens (including phenoxy) is 8. The lowest BCUT2D eigenvalue weighted by atomic mass is 10.0. The third-order valence-corrected chi connectivity index (χ3v) is 13.6. The second kappa shape index (κ2) is 61.4. The summed E-state index contributed by atoms with van der Waals surface area (Å²) in [5, 5.41) is 0. The average molecular weight is 924 g/mol. The third kappa shape index (κ3) is 60.4. The van der Waals surface area contributed by atoms with Gasteiger partial charge in [0.2, 0.25) is 0 Å². The molecule has 0 unspecified atom stereocenters. The zero-order valence-corrected chi connectivity index (χ0v) is 43.1. The smallest absolute Gasteiger partial charge is 0.0701 e. The quantitative estimate of drug-likeness (QED) is 0.0435. The minimum Gasteiger partial charge on any atom is -0.379 e. The molecule has 10 heteroatoms. The van der Waals surface area contributed by atoms with E-state index in [1.807, 2.05) is 21.6 Å². The Hall–Kier alpha value is 0.380. The van der Waals surface area contributed by atoms with Crippen molar-refractivity contribution in [3.05, 3.63) is 0 Å². The van der Waals surface area contributed by atoms with Gasteiger partial charge < -0.3 is 37.9 Å². The Morgan fingerprint density at radius 1 is 0.177 bits per heavy atom. The summed E-state index contributed by atoms with van der Waals surface area (Å²) in [6.07, 6.45) is 44.7. The van der Waals surface area contributed by atoms with Crippen LogP contribution in [-0.2, 0) is 37.9 Å². The van der Waals surface area contributed by atoms with E-state index in [4.69, 9.17) is 37.9 Å². The Kier molecular flexibility index (Phi) is 61.8. The third-order valence-electron chi connectivity index (χ3n) is 11.2. The lowest BCUT2D eigenvalue weighted by Crippen LogP contribution is -2.12. The Morgan fingerprint density at radius 2 is 0.339 bits per heavy atom. The van der Waals surface area contributed by atoms with Gasteiger partial charge in [0, 0.05) is 24.7 Å². The van der Waals surface area contributed by atoms with Gasteiger partial charge >= 0.3 is 0 Å². The number of unbranched alkanes of at least 4 members (excludes halogenated alkanes) is 30. The monoisotopic (exact) mass is 923 g/mol. The van der Waals surface area contributed by atoms with Crippen LogP contribution in [0.15, 0.2) is 0 Å². The Morgan fingerprint density at radius 3 is 0.548 bits per heavy atom. The van der Waals surface area contributed by atoms with Gasteiger partial charge in [0.15, 0.2) is 0 Å². The molecule has 8 nitrogen and oxygen atoms in total. The lowest BCUT2D eigenvalue weighted by Gasteiger charge is -2.08. The second-order valence-electron chi connectivity index (χ2n) is 17.1. The standard InChI is InChI=1S/C52H106O8S2/c1-3-5-7-9-11-13-15-17-19-21-23-25-27-29-31-33-35-53-37-39-55-41-43-57-45-47-59-49-51-61-62-52-50-60-48-46-58-44-42-56-40-38-54-36-34-32-30-28-26-24-22-20-18-16-14-12-10-8-6-4-2/h3-52H2,1-2H3. The van der Waals surface area contributed by atoms with Crippen LogP contribution < -0.4 is 0 Å². The van der Waals surface area contributed by atoms with Crippen molar-refractivity contribution < 1.29 is 37.9 Å². The molecule has 0 heterocycles. The molecule has 0 aromatic heterocycles. The first-order chi connectivity index (χ1) is 30.9. The fourth-order valence-electron chi connectivity index (χ4n) is 7.33. The number of hydrogen-bond acceptors (Lipinski definition) is 10. The van der Waals surface area contributed by atoms with Crippen LogP contribution in [0.1, 0.15) is 219 Å². The summed E-state index contributed by atoms with van der Waals surface area (Å²) in [5.41, 5.74) is 0. The maximum atomic E-state index is 5.72. The SMILES string of the molecule is CCCCCCCCCCCCCCCCCCOCCOCCOCCOCCSSCCOCCOCCOCCOCCCCCCCCCCCCCCCCCC. The molecule has 0 bridgehead atoms. The van der Waals surface area contributed by atoms with Gasteiger partial charge in [-0.3, -0.25) is 0 Å². The summed E-state index contributed by atoms with van der Waals surface area (Å²) >= 11 is 0. The zero-order chi connectivity index (χ0) is 44.4. The maximum absolute atomic E-state index is 5.72. The van der Waals surface area contributed by atoms with E-state index in [0.29, 0.717) is 79.3 Å². The van der Waals surface area contributed by atoms with E-state index < -0.39 is 0 Å². The maximum Gasteiger partial charge on any atom is 0.0701 e. The predicted molar refractivity (Wildman–Crippen MR) is 271 cm³/mol. The molecule has 374 valence electrons. The fraction of sp³-hybridized carbons (Fsp3) is 1.00. The molecule has 0 aromatic rings. The molecule has 0 amide bonds. The van der Waals surface area contributed by atoms with Crippen molar-refractivity contribution in [2.45, 2.75) is 219 Å². The van der Waals surface area contributed by atoms with E-state index in [1.165, 1.54) is 193 Å². The first kappa shape index (κ1) is 62.4. The van der Waals surface area contributed by atoms with E-state index in [0.717, 1.165) is 50.8 Å². The molecule has 62 heavy (non-hydrogen) atoms. The molecule has 0 saturated carbocycles. The molecule has 0 saturated heterocycles. The summed E-state index contributed by atoms with van der Waals surface area (Å²) in [6.45, 7) is 15.2. The van der Waals surface area contributed by atoms with Crippen LogP contribution in [0.2, 0.25) is 0 Å². The number of rotatable bonds is 59. The summed E-state index contributed by atoms with van der Waals surface area (Å²) < 4.78 is 45.2. The van der Waals surface area contributed by atoms with Crippen LogP contribution in [0.3, 0.4) is 0 Å². The highest BCUT2D eigenvalue weighted by Crippen LogP contribution is 2.20. The lowest BCUT2D eigenvalue weighted by molar-refractivity contribution is -0.000620. The highest BCUT2D eigenvalue weighted by atomic mass is 33.1. The minimum atomic E-state index is 0.598. The van der Waals surface area contributed by atoms with E-state index >= 15 is 0 Å². The predicted octanol–water partition coefficient (Wildman–Crippen LogP) is 15.0. The van der Waals surface area contributed by atoms with Crippen LogP contribution >= 0.6 is 21.6 Å². The van der Waals surface area contributed by atoms with E-state index in [2.05, 4.69) is 13.8 Å². The zero-order valence-electron chi connectivity index (χ0n) is 41.4. The van der Waals surface area contributed by atoms with Crippen molar-refractivity contribution in [3.63, 3.8) is 0 Å². The first-order valence-corrected chi connectivity index (χ1v) is 29.3. The van der Waals surface area contributed by atoms with Crippen LogP contribution in [-0.4, -0.2) is 117 Å². The highest BCUT2D eigenvalue weighted by Gasteiger charge is 1.99. The van der Waals surface area contributed by atoms with Crippen molar-refractivity contribution in [3.8, 4) is 0 Å². The van der Waals surface area contributed by atoms with Crippen molar-refractivity contribution in [1.29, 1.82) is 0 Å².